The number of fused-ring (bicyclic) bond motifs is 1. The third-order valence-electron chi connectivity index (χ3n) is 3.91. The van der Waals surface area contributed by atoms with E-state index in [1.54, 1.807) is 0 Å². The van der Waals surface area contributed by atoms with Gasteiger partial charge in [0.2, 0.25) is 5.91 Å². The Balaban J connectivity index is 1.81. The van der Waals surface area contributed by atoms with Gasteiger partial charge in [0.1, 0.15) is 5.69 Å². The van der Waals surface area contributed by atoms with Crippen LogP contribution in [0.25, 0.3) is 11.0 Å². The van der Waals surface area contributed by atoms with Crippen molar-refractivity contribution in [1.29, 1.82) is 0 Å². The van der Waals surface area contributed by atoms with Crippen molar-refractivity contribution in [2.75, 3.05) is 5.32 Å². The normalized spacial score (nSPS) is 10.9. The van der Waals surface area contributed by atoms with Crippen LogP contribution in [0.3, 0.4) is 0 Å². The summed E-state index contributed by atoms with van der Waals surface area (Å²) in [4.78, 5) is 12.3. The Hall–Kier alpha value is -2.62. The number of carbonyl (C=O) groups is 1. The Morgan fingerprint density at radius 3 is 2.82 bits per heavy atom. The maximum Gasteiger partial charge on any atom is 0.230 e. The summed E-state index contributed by atoms with van der Waals surface area (Å²) in [7, 11) is 0. The highest BCUT2D eigenvalue weighted by Gasteiger charge is 2.13. The monoisotopic (exact) mass is 294 g/mol. The molecule has 22 heavy (non-hydrogen) atoms. The van der Waals surface area contributed by atoms with Crippen LogP contribution in [0, 0.1) is 20.8 Å². The first-order chi connectivity index (χ1) is 10.5. The highest BCUT2D eigenvalue weighted by atomic mass is 16.5. The summed E-state index contributed by atoms with van der Waals surface area (Å²) in [6, 6.07) is 11.7. The number of aryl methyl sites for hydroxylation is 2. The smallest absolute Gasteiger partial charge is 0.230 e. The molecule has 0 unspecified atom stereocenters. The number of hydrogen-bond acceptors (Lipinski definition) is 3. The molecule has 4 nitrogen and oxygen atoms in total. The molecule has 0 spiro atoms. The summed E-state index contributed by atoms with van der Waals surface area (Å²) in [5.41, 5.74) is 5.57. The minimum Gasteiger partial charge on any atom is -0.356 e. The van der Waals surface area contributed by atoms with Crippen LogP contribution in [0.4, 0.5) is 5.69 Å². The molecule has 4 heteroatoms. The predicted molar refractivity (Wildman–Crippen MR) is 87.0 cm³/mol. The molecule has 0 radical (unpaired) electrons. The van der Waals surface area contributed by atoms with Gasteiger partial charge in [-0.05, 0) is 50.1 Å². The lowest BCUT2D eigenvalue weighted by Gasteiger charge is -2.09. The fraction of sp³-hybridized carbons (Fsp3) is 0.222. The number of benzene rings is 2. The molecule has 0 aliphatic rings. The number of rotatable bonds is 3. The highest BCUT2D eigenvalue weighted by Crippen LogP contribution is 2.22. The van der Waals surface area contributed by atoms with Crippen molar-refractivity contribution in [2.24, 2.45) is 0 Å². The largest absolute Gasteiger partial charge is 0.356 e. The van der Waals surface area contributed by atoms with E-state index in [9.17, 15) is 4.79 Å². The van der Waals surface area contributed by atoms with E-state index in [1.807, 2.05) is 57.2 Å². The zero-order valence-corrected chi connectivity index (χ0v) is 12.9. The second-order valence-electron chi connectivity index (χ2n) is 5.60. The topological polar surface area (TPSA) is 55.1 Å². The molecule has 0 fully saturated rings. The van der Waals surface area contributed by atoms with Gasteiger partial charge in [0, 0.05) is 11.1 Å². The van der Waals surface area contributed by atoms with Crippen LogP contribution < -0.4 is 5.32 Å². The molecule has 0 aliphatic carbocycles. The predicted octanol–water partition coefficient (Wildman–Crippen LogP) is 3.93. The summed E-state index contributed by atoms with van der Waals surface area (Å²) < 4.78 is 5.27. The summed E-state index contributed by atoms with van der Waals surface area (Å²) in [6.07, 6.45) is 0.198. The Labute approximate surface area is 129 Å². The first-order valence-electron chi connectivity index (χ1n) is 7.25. The van der Waals surface area contributed by atoms with Crippen molar-refractivity contribution in [3.63, 3.8) is 0 Å². The van der Waals surface area contributed by atoms with E-state index < -0.39 is 0 Å². The van der Waals surface area contributed by atoms with Gasteiger partial charge in [-0.1, -0.05) is 28.9 Å². The van der Waals surface area contributed by atoms with Crippen molar-refractivity contribution in [1.82, 2.24) is 5.16 Å². The van der Waals surface area contributed by atoms with Crippen LogP contribution in [0.2, 0.25) is 0 Å². The molecular weight excluding hydrogens is 276 g/mol. The Morgan fingerprint density at radius 2 is 2.00 bits per heavy atom. The molecule has 0 aliphatic heterocycles. The van der Waals surface area contributed by atoms with Crippen LogP contribution in [-0.4, -0.2) is 11.1 Å². The Bertz CT molecular complexity index is 849. The zero-order valence-electron chi connectivity index (χ0n) is 12.9. The average molecular weight is 294 g/mol. The fourth-order valence-corrected chi connectivity index (χ4v) is 2.46. The van der Waals surface area contributed by atoms with Gasteiger partial charge in [-0.2, -0.15) is 0 Å². The van der Waals surface area contributed by atoms with Crippen molar-refractivity contribution in [3.05, 3.63) is 58.8 Å². The van der Waals surface area contributed by atoms with Crippen molar-refractivity contribution >= 4 is 22.6 Å². The summed E-state index contributed by atoms with van der Waals surface area (Å²) in [5, 5.41) is 7.87. The Kier molecular flexibility index (Phi) is 3.67. The van der Waals surface area contributed by atoms with Gasteiger partial charge in [-0.15, -0.1) is 0 Å². The molecule has 0 saturated carbocycles. The van der Waals surface area contributed by atoms with Crippen LogP contribution in [0.15, 0.2) is 40.9 Å². The van der Waals surface area contributed by atoms with Crippen molar-refractivity contribution in [2.45, 2.75) is 27.2 Å². The quantitative estimate of drug-likeness (QED) is 0.796. The van der Waals surface area contributed by atoms with E-state index in [2.05, 4.69) is 10.5 Å². The van der Waals surface area contributed by atoms with Crippen LogP contribution in [0.5, 0.6) is 0 Å². The third kappa shape index (κ3) is 2.72. The number of aromatic nitrogens is 1. The highest BCUT2D eigenvalue weighted by molar-refractivity contribution is 5.95. The molecule has 0 saturated heterocycles. The van der Waals surface area contributed by atoms with Gasteiger partial charge in [0.05, 0.1) is 6.42 Å². The van der Waals surface area contributed by atoms with E-state index in [0.717, 1.165) is 27.8 Å². The number of amides is 1. The average Bonchev–Trinajstić information content (AvgIpc) is 2.86. The summed E-state index contributed by atoms with van der Waals surface area (Å²) in [5.74, 6) is -0.0922. The summed E-state index contributed by atoms with van der Waals surface area (Å²) >= 11 is 0. The standard InChI is InChI=1S/C18H18N2O2/c1-11-7-8-17-14(9-11)16(20-22-17)10-18(21)19-15-6-4-5-12(2)13(15)3/h4-9H,10H2,1-3H3,(H,19,21). The second-order valence-corrected chi connectivity index (χ2v) is 5.60. The van der Waals surface area contributed by atoms with E-state index in [4.69, 9.17) is 4.52 Å². The minimum absolute atomic E-state index is 0.0922. The van der Waals surface area contributed by atoms with Crippen LogP contribution in [0.1, 0.15) is 22.4 Å². The lowest BCUT2D eigenvalue weighted by molar-refractivity contribution is -0.115. The lowest BCUT2D eigenvalue weighted by Crippen LogP contribution is -2.15. The van der Waals surface area contributed by atoms with Gasteiger partial charge in [-0.25, -0.2) is 0 Å². The number of carbonyl (C=O) groups excluding carboxylic acids is 1. The zero-order chi connectivity index (χ0) is 15.7. The first-order valence-corrected chi connectivity index (χ1v) is 7.25. The number of nitrogens with zero attached hydrogens (tertiary/aromatic N) is 1. The van der Waals surface area contributed by atoms with Gasteiger partial charge < -0.3 is 9.84 Å². The summed E-state index contributed by atoms with van der Waals surface area (Å²) in [6.45, 7) is 6.03. The molecule has 112 valence electrons. The minimum atomic E-state index is -0.0922. The fourth-order valence-electron chi connectivity index (χ4n) is 2.46. The molecule has 1 aromatic heterocycles. The van der Waals surface area contributed by atoms with E-state index >= 15 is 0 Å². The lowest BCUT2D eigenvalue weighted by atomic mass is 10.1. The van der Waals surface area contributed by atoms with Gasteiger partial charge in [0.15, 0.2) is 5.58 Å². The molecular formula is C18H18N2O2. The molecule has 1 amide bonds. The van der Waals surface area contributed by atoms with Crippen molar-refractivity contribution in [3.8, 4) is 0 Å². The van der Waals surface area contributed by atoms with E-state index in [0.29, 0.717) is 11.3 Å². The molecule has 1 N–H and O–H groups in total. The third-order valence-corrected chi connectivity index (χ3v) is 3.91. The molecule has 0 bridgehead atoms. The van der Waals surface area contributed by atoms with Crippen LogP contribution >= 0.6 is 0 Å². The van der Waals surface area contributed by atoms with E-state index in [1.165, 1.54) is 0 Å². The maximum atomic E-state index is 12.3. The number of hydrogen-bond donors (Lipinski definition) is 1. The van der Waals surface area contributed by atoms with Gasteiger partial charge in [-0.3, -0.25) is 4.79 Å². The molecule has 3 rings (SSSR count). The van der Waals surface area contributed by atoms with E-state index in [-0.39, 0.29) is 12.3 Å². The number of anilines is 1. The number of nitrogens with one attached hydrogen (secondary N) is 1. The Morgan fingerprint density at radius 1 is 1.18 bits per heavy atom. The SMILES string of the molecule is Cc1ccc2onc(CC(=O)Nc3cccc(C)c3C)c2c1. The first kappa shape index (κ1) is 14.3. The maximum absolute atomic E-state index is 12.3. The molecule has 2 aromatic carbocycles. The molecule has 1 heterocycles. The van der Waals surface area contributed by atoms with Gasteiger partial charge >= 0.3 is 0 Å². The van der Waals surface area contributed by atoms with Crippen LogP contribution in [-0.2, 0) is 11.2 Å². The van der Waals surface area contributed by atoms with Crippen molar-refractivity contribution < 1.29 is 9.32 Å². The molecule has 0 atom stereocenters. The second kappa shape index (κ2) is 5.64. The van der Waals surface area contributed by atoms with Gasteiger partial charge in [0.25, 0.3) is 0 Å². The molecule has 3 aromatic rings.